The van der Waals surface area contributed by atoms with Gasteiger partial charge in [0.1, 0.15) is 13.2 Å². The van der Waals surface area contributed by atoms with Crippen molar-refractivity contribution in [2.75, 3.05) is 33.5 Å². The van der Waals surface area contributed by atoms with Crippen LogP contribution in [0, 0.1) is 0 Å². The van der Waals surface area contributed by atoms with Crippen molar-refractivity contribution in [2.24, 2.45) is 0 Å². The summed E-state index contributed by atoms with van der Waals surface area (Å²) in [4.78, 5) is 23.6. The number of carbonyl (C=O) groups is 2. The predicted octanol–water partition coefficient (Wildman–Crippen LogP) is 0.852. The number of hydrogen-bond donors (Lipinski definition) is 2. The Hall–Kier alpha value is -2.74. The van der Waals surface area contributed by atoms with Gasteiger partial charge < -0.3 is 29.4 Å². The summed E-state index contributed by atoms with van der Waals surface area (Å²) >= 11 is 0. The van der Waals surface area contributed by atoms with Crippen LogP contribution in [0.15, 0.2) is 24.8 Å². The van der Waals surface area contributed by atoms with Gasteiger partial charge in [-0.25, -0.2) is 4.79 Å². The van der Waals surface area contributed by atoms with Crippen molar-refractivity contribution in [1.29, 1.82) is 0 Å². The van der Waals surface area contributed by atoms with Crippen LogP contribution < -0.4 is 19.5 Å². The van der Waals surface area contributed by atoms with Gasteiger partial charge in [-0.3, -0.25) is 4.79 Å². The molecule has 8 nitrogen and oxygen atoms in total. The highest BCUT2D eigenvalue weighted by Gasteiger charge is 2.24. The van der Waals surface area contributed by atoms with Crippen LogP contribution >= 0.6 is 0 Å². The molecule has 1 aromatic carbocycles. The summed E-state index contributed by atoms with van der Waals surface area (Å²) in [6, 6.07) is 1.76. The molecule has 0 aromatic heterocycles. The zero-order valence-corrected chi connectivity index (χ0v) is 13.2. The standard InChI is InChI=1S/C16H19NO7/c1-3-4-22-9-11(16(19)20)17-15(18)10-7-12(21-2)14-13(8-10)23-5-6-24-14/h3,7-8,11H,1,4-6,9H2,2H3,(H,17,18)(H,19,20). The van der Waals surface area contributed by atoms with Gasteiger partial charge in [0.05, 0.1) is 20.3 Å². The number of aliphatic carboxylic acids is 1. The molecule has 8 heteroatoms. The second-order valence-corrected chi connectivity index (χ2v) is 4.89. The highest BCUT2D eigenvalue weighted by atomic mass is 16.6. The number of benzene rings is 1. The molecular weight excluding hydrogens is 318 g/mol. The van der Waals surface area contributed by atoms with E-state index in [9.17, 15) is 14.7 Å². The summed E-state index contributed by atoms with van der Waals surface area (Å²) in [5.41, 5.74) is 0.200. The van der Waals surface area contributed by atoms with E-state index in [1.165, 1.54) is 25.3 Å². The fraction of sp³-hybridized carbons (Fsp3) is 0.375. The summed E-state index contributed by atoms with van der Waals surface area (Å²) in [7, 11) is 1.44. The molecule has 1 aromatic rings. The number of carboxylic acids is 1. The Morgan fingerprint density at radius 1 is 1.42 bits per heavy atom. The zero-order valence-electron chi connectivity index (χ0n) is 13.2. The molecule has 1 heterocycles. The van der Waals surface area contributed by atoms with Crippen molar-refractivity contribution in [3.63, 3.8) is 0 Å². The molecule has 0 fully saturated rings. The summed E-state index contributed by atoms with van der Waals surface area (Å²) in [5.74, 6) is -0.645. The maximum atomic E-state index is 12.3. The number of methoxy groups -OCH3 is 1. The minimum atomic E-state index is -1.20. The molecule has 130 valence electrons. The Balaban J connectivity index is 2.16. The minimum Gasteiger partial charge on any atom is -0.493 e. The fourth-order valence-corrected chi connectivity index (χ4v) is 2.09. The number of rotatable bonds is 8. The zero-order chi connectivity index (χ0) is 17.5. The number of nitrogens with one attached hydrogen (secondary N) is 1. The largest absolute Gasteiger partial charge is 0.493 e. The molecule has 1 aliphatic heterocycles. The number of ether oxygens (including phenoxy) is 4. The molecule has 0 radical (unpaired) electrons. The molecule has 1 aliphatic rings. The highest BCUT2D eigenvalue weighted by Crippen LogP contribution is 2.40. The van der Waals surface area contributed by atoms with Gasteiger partial charge in [0.15, 0.2) is 17.5 Å². The Morgan fingerprint density at radius 2 is 2.17 bits per heavy atom. The molecule has 0 bridgehead atoms. The third-order valence-electron chi connectivity index (χ3n) is 3.21. The maximum Gasteiger partial charge on any atom is 0.328 e. The summed E-state index contributed by atoms with van der Waals surface area (Å²) in [6.45, 7) is 4.23. The first-order chi connectivity index (χ1) is 11.6. The van der Waals surface area contributed by atoms with Crippen LogP contribution in [0.4, 0.5) is 0 Å². The third kappa shape index (κ3) is 4.17. The van der Waals surface area contributed by atoms with Crippen LogP contribution in [-0.2, 0) is 9.53 Å². The van der Waals surface area contributed by atoms with E-state index in [-0.39, 0.29) is 18.8 Å². The van der Waals surface area contributed by atoms with E-state index < -0.39 is 17.9 Å². The summed E-state index contributed by atoms with van der Waals surface area (Å²) in [5, 5.41) is 11.6. The van der Waals surface area contributed by atoms with Gasteiger partial charge >= 0.3 is 5.97 Å². The molecule has 2 N–H and O–H groups in total. The quantitative estimate of drug-likeness (QED) is 0.535. The van der Waals surface area contributed by atoms with Gasteiger partial charge in [-0.2, -0.15) is 0 Å². The van der Waals surface area contributed by atoms with E-state index in [0.29, 0.717) is 30.5 Å². The normalized spacial score (nSPS) is 13.7. The number of carbonyl (C=O) groups excluding carboxylic acids is 1. The second-order valence-electron chi connectivity index (χ2n) is 4.89. The average molecular weight is 337 g/mol. The van der Waals surface area contributed by atoms with Crippen LogP contribution in [0.5, 0.6) is 17.2 Å². The molecule has 24 heavy (non-hydrogen) atoms. The van der Waals surface area contributed by atoms with Crippen LogP contribution in [0.25, 0.3) is 0 Å². The van der Waals surface area contributed by atoms with Crippen molar-refractivity contribution in [2.45, 2.75) is 6.04 Å². The van der Waals surface area contributed by atoms with E-state index in [4.69, 9.17) is 18.9 Å². The fourth-order valence-electron chi connectivity index (χ4n) is 2.09. The van der Waals surface area contributed by atoms with Crippen LogP contribution in [-0.4, -0.2) is 56.6 Å². The van der Waals surface area contributed by atoms with E-state index >= 15 is 0 Å². The van der Waals surface area contributed by atoms with Crippen LogP contribution in [0.2, 0.25) is 0 Å². The molecule has 1 atom stereocenters. The Kier molecular flexibility index (Phi) is 6.02. The van der Waals surface area contributed by atoms with E-state index in [1.807, 2.05) is 0 Å². The third-order valence-corrected chi connectivity index (χ3v) is 3.21. The molecular formula is C16H19NO7. The lowest BCUT2D eigenvalue weighted by Crippen LogP contribution is -2.44. The molecule has 0 spiro atoms. The smallest absolute Gasteiger partial charge is 0.328 e. The van der Waals surface area contributed by atoms with Crippen molar-refractivity contribution >= 4 is 11.9 Å². The van der Waals surface area contributed by atoms with Gasteiger partial charge in [-0.15, -0.1) is 6.58 Å². The molecule has 2 rings (SSSR count). The lowest BCUT2D eigenvalue weighted by Gasteiger charge is -2.21. The van der Waals surface area contributed by atoms with E-state index in [1.54, 1.807) is 0 Å². The van der Waals surface area contributed by atoms with Gasteiger partial charge in [0.25, 0.3) is 5.91 Å². The van der Waals surface area contributed by atoms with E-state index in [2.05, 4.69) is 11.9 Å². The number of fused-ring (bicyclic) bond motifs is 1. The number of carboxylic acid groups (broad SMARTS) is 1. The summed E-state index contributed by atoms with van der Waals surface area (Å²) < 4.78 is 21.2. The maximum absolute atomic E-state index is 12.3. The average Bonchev–Trinajstić information content (AvgIpc) is 2.59. The number of hydrogen-bond acceptors (Lipinski definition) is 6. The molecule has 1 unspecified atom stereocenters. The predicted molar refractivity (Wildman–Crippen MR) is 83.9 cm³/mol. The second kappa shape index (κ2) is 8.21. The van der Waals surface area contributed by atoms with E-state index in [0.717, 1.165) is 0 Å². The number of amides is 1. The Bertz CT molecular complexity index is 612. The molecule has 0 saturated heterocycles. The first-order valence-electron chi connectivity index (χ1n) is 7.26. The lowest BCUT2D eigenvalue weighted by molar-refractivity contribution is -0.140. The van der Waals surface area contributed by atoms with Crippen molar-refractivity contribution in [3.8, 4) is 17.2 Å². The highest BCUT2D eigenvalue weighted by molar-refractivity contribution is 5.97. The molecule has 0 saturated carbocycles. The lowest BCUT2D eigenvalue weighted by atomic mass is 10.1. The van der Waals surface area contributed by atoms with Gasteiger partial charge in [-0.1, -0.05) is 6.08 Å². The van der Waals surface area contributed by atoms with Gasteiger partial charge in [0.2, 0.25) is 5.75 Å². The monoisotopic (exact) mass is 337 g/mol. The van der Waals surface area contributed by atoms with Crippen molar-refractivity contribution < 1.29 is 33.6 Å². The minimum absolute atomic E-state index is 0.172. The Labute approximate surface area is 139 Å². The topological polar surface area (TPSA) is 103 Å². The van der Waals surface area contributed by atoms with Gasteiger partial charge in [-0.05, 0) is 12.1 Å². The van der Waals surface area contributed by atoms with Crippen LogP contribution in [0.3, 0.4) is 0 Å². The molecule has 0 aliphatic carbocycles. The first-order valence-corrected chi connectivity index (χ1v) is 7.26. The Morgan fingerprint density at radius 3 is 2.83 bits per heavy atom. The SMILES string of the molecule is C=CCOCC(NC(=O)c1cc(OC)c2c(c1)OCCO2)C(=O)O. The summed E-state index contributed by atoms with van der Waals surface area (Å²) in [6.07, 6.45) is 1.49. The van der Waals surface area contributed by atoms with Crippen molar-refractivity contribution in [1.82, 2.24) is 5.32 Å². The molecule has 1 amide bonds. The van der Waals surface area contributed by atoms with Crippen molar-refractivity contribution in [3.05, 3.63) is 30.4 Å². The first kappa shape index (κ1) is 17.6. The van der Waals surface area contributed by atoms with Crippen LogP contribution in [0.1, 0.15) is 10.4 Å². The van der Waals surface area contributed by atoms with Gasteiger partial charge in [0, 0.05) is 5.56 Å².